The topological polar surface area (TPSA) is 53.0 Å². The lowest BCUT2D eigenvalue weighted by atomic mass is 9.74. The van der Waals surface area contributed by atoms with E-state index in [0.717, 1.165) is 18.2 Å². The number of carbonyl (C=O) groups excluding carboxylic acids is 1. The van der Waals surface area contributed by atoms with Crippen LogP contribution in [0, 0.1) is 17.8 Å². The van der Waals surface area contributed by atoms with Crippen molar-refractivity contribution < 1.29 is 14.6 Å². The van der Waals surface area contributed by atoms with Crippen LogP contribution in [-0.4, -0.2) is 63.4 Å². The van der Waals surface area contributed by atoms with E-state index in [1.807, 2.05) is 0 Å². The normalized spacial score (nSPS) is 38.5. The van der Waals surface area contributed by atoms with Crippen molar-refractivity contribution in [1.29, 1.82) is 0 Å². The zero-order valence-electron chi connectivity index (χ0n) is 15.3. The zero-order chi connectivity index (χ0) is 17.7. The van der Waals surface area contributed by atoms with Crippen molar-refractivity contribution in [1.82, 2.24) is 9.80 Å². The van der Waals surface area contributed by atoms with E-state index in [9.17, 15) is 9.90 Å². The second-order valence-corrected chi connectivity index (χ2v) is 9.14. The number of rotatable bonds is 4. The number of nitrogens with zero attached hydrogens (tertiary/aromatic N) is 2. The second kappa shape index (κ2) is 6.69. The van der Waals surface area contributed by atoms with Gasteiger partial charge >= 0.3 is 5.97 Å². The summed E-state index contributed by atoms with van der Waals surface area (Å²) in [6.45, 7) is 6.20. The first kappa shape index (κ1) is 17.5. The van der Waals surface area contributed by atoms with E-state index < -0.39 is 12.2 Å². The summed E-state index contributed by atoms with van der Waals surface area (Å²) in [5.41, 5.74) is 0. The molecule has 2 saturated carbocycles. The minimum Gasteiger partial charge on any atom is -0.457 e. The molecule has 5 fully saturated rings. The van der Waals surface area contributed by atoms with Gasteiger partial charge in [0.15, 0.2) is 5.11 Å². The molecule has 0 aromatic rings. The number of ether oxygens (including phenoxy) is 1. The second-order valence-electron chi connectivity index (χ2n) is 8.78. The fourth-order valence-corrected chi connectivity index (χ4v) is 5.82. The maximum atomic E-state index is 12.4. The Morgan fingerprint density at radius 2 is 1.92 bits per heavy atom. The SMILES string of the molecule is CC(C)CN1C(=S)N(CC2CCCCC2)C2C3OC(=O)C(CC3O)C21. The molecule has 0 aromatic carbocycles. The maximum absolute atomic E-state index is 12.4. The molecule has 5 unspecified atom stereocenters. The van der Waals surface area contributed by atoms with Crippen LogP contribution in [0.15, 0.2) is 0 Å². The van der Waals surface area contributed by atoms with Gasteiger partial charge in [-0.1, -0.05) is 33.1 Å². The van der Waals surface area contributed by atoms with Crippen molar-refractivity contribution in [3.8, 4) is 0 Å². The predicted octanol–water partition coefficient (Wildman–Crippen LogP) is 2.17. The Balaban J connectivity index is 1.62. The number of aliphatic hydroxyl groups is 1. The molecule has 25 heavy (non-hydrogen) atoms. The lowest BCUT2D eigenvalue weighted by molar-refractivity contribution is -0.199. The Bertz CT molecular complexity index is 549. The average Bonchev–Trinajstić information content (AvgIpc) is 2.84. The fourth-order valence-electron chi connectivity index (χ4n) is 5.42. The minimum absolute atomic E-state index is 0.0274. The molecule has 3 aliphatic heterocycles. The van der Waals surface area contributed by atoms with Crippen LogP contribution in [0.4, 0.5) is 0 Å². The minimum atomic E-state index is -0.556. The summed E-state index contributed by atoms with van der Waals surface area (Å²) in [5, 5.41) is 11.3. The highest BCUT2D eigenvalue weighted by atomic mass is 32.1. The van der Waals surface area contributed by atoms with E-state index in [1.54, 1.807) is 0 Å². The summed E-state index contributed by atoms with van der Waals surface area (Å²) < 4.78 is 5.62. The van der Waals surface area contributed by atoms with Crippen molar-refractivity contribution in [2.75, 3.05) is 13.1 Å². The highest BCUT2D eigenvalue weighted by molar-refractivity contribution is 7.80. The lowest BCUT2D eigenvalue weighted by Gasteiger charge is -2.49. The predicted molar refractivity (Wildman–Crippen MR) is 99.0 cm³/mol. The van der Waals surface area contributed by atoms with Crippen LogP contribution >= 0.6 is 12.2 Å². The van der Waals surface area contributed by atoms with E-state index in [4.69, 9.17) is 17.0 Å². The van der Waals surface area contributed by atoms with Gasteiger partial charge in [-0.3, -0.25) is 4.79 Å². The van der Waals surface area contributed by atoms with Crippen LogP contribution in [-0.2, 0) is 9.53 Å². The molecular formula is C19H30N2O3S. The Kier molecular flexibility index (Phi) is 4.69. The first-order chi connectivity index (χ1) is 12.0. The molecule has 0 spiro atoms. The van der Waals surface area contributed by atoms with E-state index >= 15 is 0 Å². The molecule has 3 heterocycles. The lowest BCUT2D eigenvalue weighted by Crippen LogP contribution is -2.66. The third kappa shape index (κ3) is 2.95. The Labute approximate surface area is 155 Å². The number of thiocarbonyl (C=S) groups is 1. The molecule has 1 N–H and O–H groups in total. The van der Waals surface area contributed by atoms with Gasteiger partial charge in [0.25, 0.3) is 0 Å². The smallest absolute Gasteiger partial charge is 0.311 e. The first-order valence-electron chi connectivity index (χ1n) is 9.93. The molecule has 2 bridgehead atoms. The molecule has 3 saturated heterocycles. The van der Waals surface area contributed by atoms with Crippen LogP contribution in [0.5, 0.6) is 0 Å². The Morgan fingerprint density at radius 3 is 2.60 bits per heavy atom. The van der Waals surface area contributed by atoms with Gasteiger partial charge in [0.05, 0.1) is 24.1 Å². The summed E-state index contributed by atoms with van der Waals surface area (Å²) in [5.74, 6) is 0.750. The number of carbonyl (C=O) groups is 1. The van der Waals surface area contributed by atoms with E-state index in [2.05, 4.69) is 23.6 Å². The summed E-state index contributed by atoms with van der Waals surface area (Å²) in [7, 11) is 0. The van der Waals surface area contributed by atoms with Crippen LogP contribution in [0.25, 0.3) is 0 Å². The van der Waals surface area contributed by atoms with Gasteiger partial charge in [-0.05, 0) is 43.3 Å². The van der Waals surface area contributed by atoms with Gasteiger partial charge in [0.1, 0.15) is 6.10 Å². The van der Waals surface area contributed by atoms with Gasteiger partial charge in [-0.25, -0.2) is 0 Å². The van der Waals surface area contributed by atoms with Gasteiger partial charge in [0.2, 0.25) is 0 Å². The number of hydrogen-bond acceptors (Lipinski definition) is 4. The highest BCUT2D eigenvalue weighted by Crippen LogP contribution is 2.45. The molecule has 0 radical (unpaired) electrons. The molecule has 5 rings (SSSR count). The number of hydrogen-bond donors (Lipinski definition) is 1. The number of fused-ring (bicyclic) bond motifs is 2. The molecule has 5 aliphatic rings. The monoisotopic (exact) mass is 366 g/mol. The van der Waals surface area contributed by atoms with Gasteiger partial charge in [-0.15, -0.1) is 0 Å². The van der Waals surface area contributed by atoms with E-state index in [0.29, 0.717) is 18.3 Å². The molecule has 5 nitrogen and oxygen atoms in total. The van der Waals surface area contributed by atoms with Crippen molar-refractivity contribution in [2.45, 2.75) is 76.7 Å². The van der Waals surface area contributed by atoms with E-state index in [1.165, 1.54) is 32.1 Å². The molecule has 0 amide bonds. The van der Waals surface area contributed by atoms with Gasteiger partial charge in [-0.2, -0.15) is 0 Å². The standard InChI is InChI=1S/C19H30N2O3S/c1-11(2)9-20-15-13-8-14(22)17(24-18(13)23)16(15)21(19(20)25)10-12-6-4-3-5-7-12/h11-17,22H,3-10H2,1-2H3. The van der Waals surface area contributed by atoms with E-state index in [-0.39, 0.29) is 24.0 Å². The Morgan fingerprint density at radius 1 is 1.20 bits per heavy atom. The van der Waals surface area contributed by atoms with Gasteiger partial charge in [0, 0.05) is 13.1 Å². The third-order valence-electron chi connectivity index (χ3n) is 6.48. The molecule has 140 valence electrons. The molecule has 6 heteroatoms. The first-order valence-corrected chi connectivity index (χ1v) is 10.3. The maximum Gasteiger partial charge on any atom is 0.311 e. The summed E-state index contributed by atoms with van der Waals surface area (Å²) in [4.78, 5) is 16.9. The summed E-state index contributed by atoms with van der Waals surface area (Å²) >= 11 is 5.88. The summed E-state index contributed by atoms with van der Waals surface area (Å²) in [6, 6.07) is 0.104. The molecule has 5 atom stereocenters. The van der Waals surface area contributed by atoms with Crippen molar-refractivity contribution in [3.05, 3.63) is 0 Å². The highest BCUT2D eigenvalue weighted by Gasteiger charge is 2.62. The molecule has 0 aromatic heterocycles. The zero-order valence-corrected chi connectivity index (χ0v) is 16.1. The van der Waals surface area contributed by atoms with Crippen molar-refractivity contribution >= 4 is 23.3 Å². The van der Waals surface area contributed by atoms with Crippen molar-refractivity contribution in [3.63, 3.8) is 0 Å². The van der Waals surface area contributed by atoms with Crippen molar-refractivity contribution in [2.24, 2.45) is 17.8 Å². The quantitative estimate of drug-likeness (QED) is 0.608. The van der Waals surface area contributed by atoms with Crippen LogP contribution in [0.1, 0.15) is 52.4 Å². The van der Waals surface area contributed by atoms with Crippen LogP contribution in [0.2, 0.25) is 0 Å². The third-order valence-corrected chi connectivity index (χ3v) is 6.95. The Hall–Kier alpha value is -0.880. The largest absolute Gasteiger partial charge is 0.457 e. The molecular weight excluding hydrogens is 336 g/mol. The fraction of sp³-hybridized carbons (Fsp3) is 0.895. The average molecular weight is 367 g/mol. The van der Waals surface area contributed by atoms with Crippen LogP contribution < -0.4 is 0 Å². The summed E-state index contributed by atoms with van der Waals surface area (Å²) in [6.07, 6.45) is 6.00. The number of aliphatic hydroxyl groups excluding tert-OH is 1. The van der Waals surface area contributed by atoms with Crippen LogP contribution in [0.3, 0.4) is 0 Å². The van der Waals surface area contributed by atoms with Gasteiger partial charge < -0.3 is 19.6 Å². The number of esters is 1. The molecule has 2 aliphatic carbocycles.